The zero-order chi connectivity index (χ0) is 33.1. The van der Waals surface area contributed by atoms with Crippen molar-refractivity contribution in [2.75, 3.05) is 4.90 Å². The smallest absolute Gasteiger partial charge is 0.344 e. The van der Waals surface area contributed by atoms with Crippen LogP contribution in [-0.4, -0.2) is 0 Å². The maximum Gasteiger partial charge on any atom is 0.344 e. The summed E-state index contributed by atoms with van der Waals surface area (Å²) in [6.07, 6.45) is 0. The van der Waals surface area contributed by atoms with Crippen molar-refractivity contribution < 1.29 is 4.42 Å². The van der Waals surface area contributed by atoms with Crippen LogP contribution in [0.5, 0.6) is 0 Å². The molecule has 0 aliphatic heterocycles. The third kappa shape index (κ3) is 4.69. The van der Waals surface area contributed by atoms with Crippen molar-refractivity contribution in [3.05, 3.63) is 185 Å². The van der Waals surface area contributed by atoms with E-state index in [1.807, 2.05) is 42.5 Å². The number of rotatable bonds is 5. The molecule has 1 heterocycles. The third-order valence-electron chi connectivity index (χ3n) is 10.1. The number of hydrogen-bond donors (Lipinski definition) is 0. The van der Waals surface area contributed by atoms with Crippen LogP contribution in [0.3, 0.4) is 0 Å². The summed E-state index contributed by atoms with van der Waals surface area (Å²) in [6, 6.07) is 57.3. The highest BCUT2D eigenvalue weighted by molar-refractivity contribution is 6.11. The lowest BCUT2D eigenvalue weighted by atomic mass is 9.82. The van der Waals surface area contributed by atoms with Gasteiger partial charge in [-0.1, -0.05) is 129 Å². The number of anilines is 3. The van der Waals surface area contributed by atoms with Crippen molar-refractivity contribution in [2.45, 2.75) is 19.3 Å². The summed E-state index contributed by atoms with van der Waals surface area (Å²) in [6.45, 7) is 4.65. The minimum absolute atomic E-state index is 0.124. The molecule has 0 spiro atoms. The summed E-state index contributed by atoms with van der Waals surface area (Å²) in [5.74, 6) is 0. The summed E-state index contributed by atoms with van der Waals surface area (Å²) in [5, 5.41) is 2.41. The third-order valence-corrected chi connectivity index (χ3v) is 10.1. The topological polar surface area (TPSA) is 33.5 Å². The van der Waals surface area contributed by atoms with E-state index in [1.54, 1.807) is 0 Å². The van der Waals surface area contributed by atoms with Crippen molar-refractivity contribution >= 4 is 38.8 Å². The Balaban J connectivity index is 1.23. The van der Waals surface area contributed by atoms with Gasteiger partial charge in [-0.3, -0.25) is 0 Å². The van der Waals surface area contributed by atoms with Gasteiger partial charge in [0.15, 0.2) is 0 Å². The zero-order valence-electron chi connectivity index (χ0n) is 27.4. The van der Waals surface area contributed by atoms with Crippen LogP contribution < -0.4 is 10.5 Å². The second kappa shape index (κ2) is 11.2. The van der Waals surface area contributed by atoms with Gasteiger partial charge in [-0.15, -0.1) is 0 Å². The highest BCUT2D eigenvalue weighted by Gasteiger charge is 2.35. The minimum atomic E-state index is -0.319. The molecular weight excluding hydrogens is 599 g/mol. The first-order valence-corrected chi connectivity index (χ1v) is 16.7. The largest absolute Gasteiger partial charge is 0.422 e. The van der Waals surface area contributed by atoms with Gasteiger partial charge in [-0.2, -0.15) is 0 Å². The van der Waals surface area contributed by atoms with Gasteiger partial charge in [0.2, 0.25) is 0 Å². The van der Waals surface area contributed by atoms with E-state index in [0.717, 1.165) is 39.0 Å². The Labute approximate surface area is 285 Å². The monoisotopic (exact) mass is 631 g/mol. The maximum absolute atomic E-state index is 12.8. The van der Waals surface area contributed by atoms with E-state index >= 15 is 0 Å². The van der Waals surface area contributed by atoms with E-state index in [1.165, 1.54) is 33.4 Å². The van der Waals surface area contributed by atoms with E-state index in [0.29, 0.717) is 11.0 Å². The van der Waals surface area contributed by atoms with Gasteiger partial charge in [0.1, 0.15) is 5.58 Å². The Morgan fingerprint density at radius 3 is 1.92 bits per heavy atom. The lowest BCUT2D eigenvalue weighted by Gasteiger charge is -2.28. The molecule has 3 heteroatoms. The SMILES string of the molecule is CC1(C)c2ccccc2-c2ccc(N(c3ccc(-c4ccccc4)cc3)c3cccc(-c4cccc5oc(=O)c6ccccc6c45)c3)cc21. The lowest BCUT2D eigenvalue weighted by molar-refractivity contribution is 0.570. The highest BCUT2D eigenvalue weighted by Crippen LogP contribution is 2.51. The Kier molecular flexibility index (Phi) is 6.63. The molecule has 0 saturated carbocycles. The summed E-state index contributed by atoms with van der Waals surface area (Å²) in [4.78, 5) is 15.2. The maximum atomic E-state index is 12.8. The van der Waals surface area contributed by atoms with E-state index in [9.17, 15) is 4.79 Å². The fourth-order valence-electron chi connectivity index (χ4n) is 7.69. The Morgan fingerprint density at radius 2 is 1.08 bits per heavy atom. The average Bonchev–Trinajstić information content (AvgIpc) is 3.38. The second-order valence-electron chi connectivity index (χ2n) is 13.3. The molecule has 7 aromatic carbocycles. The van der Waals surface area contributed by atoms with E-state index < -0.39 is 0 Å². The molecule has 1 aromatic heterocycles. The quantitative estimate of drug-likeness (QED) is 0.140. The van der Waals surface area contributed by atoms with Crippen LogP contribution >= 0.6 is 0 Å². The van der Waals surface area contributed by atoms with E-state index in [4.69, 9.17) is 4.42 Å². The van der Waals surface area contributed by atoms with E-state index in [-0.39, 0.29) is 11.0 Å². The molecule has 0 atom stereocenters. The van der Waals surface area contributed by atoms with Gasteiger partial charge < -0.3 is 9.32 Å². The number of nitrogens with zero attached hydrogens (tertiary/aromatic N) is 1. The summed E-state index contributed by atoms with van der Waals surface area (Å²) >= 11 is 0. The van der Waals surface area contributed by atoms with E-state index in [2.05, 4.69) is 140 Å². The van der Waals surface area contributed by atoms with Gasteiger partial charge in [0, 0.05) is 33.2 Å². The fraction of sp³-hybridized carbons (Fsp3) is 0.0652. The average molecular weight is 632 g/mol. The molecule has 234 valence electrons. The molecular formula is C46H33NO2. The van der Waals surface area contributed by atoms with Crippen molar-refractivity contribution in [3.8, 4) is 33.4 Å². The van der Waals surface area contributed by atoms with Crippen molar-refractivity contribution in [3.63, 3.8) is 0 Å². The molecule has 0 saturated heterocycles. The predicted molar refractivity (Wildman–Crippen MR) is 203 cm³/mol. The van der Waals surface area contributed by atoms with Crippen LogP contribution in [0.4, 0.5) is 17.1 Å². The van der Waals surface area contributed by atoms with Crippen molar-refractivity contribution in [1.29, 1.82) is 0 Å². The first-order chi connectivity index (χ1) is 24.0. The zero-order valence-corrected chi connectivity index (χ0v) is 27.4. The molecule has 0 amide bonds. The second-order valence-corrected chi connectivity index (χ2v) is 13.3. The van der Waals surface area contributed by atoms with Crippen LogP contribution in [0, 0.1) is 0 Å². The minimum Gasteiger partial charge on any atom is -0.422 e. The number of hydrogen-bond acceptors (Lipinski definition) is 3. The molecule has 1 aliphatic carbocycles. The first-order valence-electron chi connectivity index (χ1n) is 16.7. The molecule has 0 radical (unpaired) electrons. The molecule has 8 aromatic rings. The molecule has 0 N–H and O–H groups in total. The summed E-state index contributed by atoms with van der Waals surface area (Å²) in [7, 11) is 0. The van der Waals surface area contributed by atoms with Crippen LogP contribution in [0.1, 0.15) is 25.0 Å². The Bertz CT molecular complexity index is 2600. The van der Waals surface area contributed by atoms with Crippen LogP contribution in [0.2, 0.25) is 0 Å². The highest BCUT2D eigenvalue weighted by atomic mass is 16.4. The lowest BCUT2D eigenvalue weighted by Crippen LogP contribution is -2.16. The molecule has 49 heavy (non-hydrogen) atoms. The molecule has 3 nitrogen and oxygen atoms in total. The van der Waals surface area contributed by atoms with Crippen molar-refractivity contribution in [1.82, 2.24) is 0 Å². The normalized spacial score (nSPS) is 12.9. The molecule has 0 fully saturated rings. The van der Waals surface area contributed by atoms with Crippen LogP contribution in [0.25, 0.3) is 55.1 Å². The molecule has 9 rings (SSSR count). The Morgan fingerprint density at radius 1 is 0.469 bits per heavy atom. The standard InChI is InChI=1S/C46H33NO2/c1-46(2)41-20-9-8-16-37(41)38-27-26-35(29-42(38)46)47(33-24-22-31(23-25-33)30-12-4-3-5-13-30)34-15-10-14-32(28-34)36-19-11-21-43-44(36)39-17-6-7-18-40(39)45(48)49-43/h3-29H,1-2H3. The number of benzene rings is 7. The first kappa shape index (κ1) is 29.0. The summed E-state index contributed by atoms with van der Waals surface area (Å²) < 4.78 is 5.82. The predicted octanol–water partition coefficient (Wildman–Crippen LogP) is 12.1. The number of fused-ring (bicyclic) bond motifs is 6. The van der Waals surface area contributed by atoms with Crippen molar-refractivity contribution in [2.24, 2.45) is 0 Å². The Hall–Kier alpha value is -6.19. The molecule has 1 aliphatic rings. The van der Waals surface area contributed by atoms with Gasteiger partial charge in [0.25, 0.3) is 0 Å². The fourth-order valence-corrected chi connectivity index (χ4v) is 7.69. The summed E-state index contributed by atoms with van der Waals surface area (Å²) in [5.41, 5.74) is 13.1. The van der Waals surface area contributed by atoms with Gasteiger partial charge in [-0.05, 0) is 93.0 Å². The molecule has 0 bridgehead atoms. The van der Waals surface area contributed by atoms with Gasteiger partial charge in [-0.25, -0.2) is 4.79 Å². The van der Waals surface area contributed by atoms with Gasteiger partial charge in [0.05, 0.1) is 5.39 Å². The van der Waals surface area contributed by atoms with Crippen LogP contribution in [0.15, 0.2) is 173 Å². The van der Waals surface area contributed by atoms with Gasteiger partial charge >= 0.3 is 5.63 Å². The van der Waals surface area contributed by atoms with Crippen LogP contribution in [-0.2, 0) is 5.41 Å². The molecule has 0 unspecified atom stereocenters.